The van der Waals surface area contributed by atoms with E-state index in [0.29, 0.717) is 5.92 Å². The smallest absolute Gasteiger partial charge is 0.223 e. The van der Waals surface area contributed by atoms with Gasteiger partial charge in [0, 0.05) is 12.5 Å². The largest absolute Gasteiger partial charge is 0.355 e. The lowest BCUT2D eigenvalue weighted by atomic mass is 10.0. The molecule has 0 radical (unpaired) electrons. The van der Waals surface area contributed by atoms with Crippen LogP contribution in [0.1, 0.15) is 20.3 Å². The Bertz CT molecular complexity index is 174. The standard InChI is InChI=1S/C9H15NO/c1-7-4-3-5-8(2)9(11)10-6-7/h3-4,7-8H,5-6H2,1-2H3,(H,10,11)/b4-3-. The van der Waals surface area contributed by atoms with Crippen LogP contribution in [-0.4, -0.2) is 12.5 Å². The Labute approximate surface area is 67.7 Å². The minimum atomic E-state index is 0.138. The number of allylic oxidation sites excluding steroid dienone is 1. The number of carbonyl (C=O) groups excluding carboxylic acids is 1. The maximum atomic E-state index is 11.2. The normalized spacial score (nSPS) is 35.3. The van der Waals surface area contributed by atoms with Gasteiger partial charge in [-0.1, -0.05) is 26.0 Å². The van der Waals surface area contributed by atoms with E-state index < -0.39 is 0 Å². The highest BCUT2D eigenvalue weighted by atomic mass is 16.1. The molecule has 1 rings (SSSR count). The van der Waals surface area contributed by atoms with E-state index in [2.05, 4.69) is 24.4 Å². The molecule has 2 nitrogen and oxygen atoms in total. The molecule has 0 fully saturated rings. The molecule has 1 amide bonds. The molecule has 2 atom stereocenters. The van der Waals surface area contributed by atoms with Crippen molar-refractivity contribution in [3.63, 3.8) is 0 Å². The number of hydrogen-bond donors (Lipinski definition) is 1. The molecule has 1 heterocycles. The highest BCUT2D eigenvalue weighted by Crippen LogP contribution is 2.08. The summed E-state index contributed by atoms with van der Waals surface area (Å²) in [7, 11) is 0. The molecule has 1 aliphatic heterocycles. The molecule has 0 saturated carbocycles. The predicted octanol–water partition coefficient (Wildman–Crippen LogP) is 1.33. The first-order valence-electron chi connectivity index (χ1n) is 4.14. The van der Waals surface area contributed by atoms with Crippen molar-refractivity contribution in [3.05, 3.63) is 12.2 Å². The summed E-state index contributed by atoms with van der Waals surface area (Å²) in [5.41, 5.74) is 0. The SMILES string of the molecule is CC1/C=C\CC(C)C(=O)NC1. The summed E-state index contributed by atoms with van der Waals surface area (Å²) < 4.78 is 0. The van der Waals surface area contributed by atoms with Crippen LogP contribution in [0.2, 0.25) is 0 Å². The third-order valence-electron chi connectivity index (χ3n) is 2.00. The Morgan fingerprint density at radius 3 is 3.00 bits per heavy atom. The van der Waals surface area contributed by atoms with Gasteiger partial charge in [-0.2, -0.15) is 0 Å². The Balaban J connectivity index is 2.56. The molecule has 2 unspecified atom stereocenters. The van der Waals surface area contributed by atoms with E-state index in [0.717, 1.165) is 13.0 Å². The number of carbonyl (C=O) groups is 1. The second-order valence-electron chi connectivity index (χ2n) is 3.29. The predicted molar refractivity (Wildman–Crippen MR) is 45.1 cm³/mol. The van der Waals surface area contributed by atoms with Gasteiger partial charge in [0.2, 0.25) is 5.91 Å². The topological polar surface area (TPSA) is 29.1 Å². The molecule has 2 heteroatoms. The Morgan fingerprint density at radius 1 is 1.55 bits per heavy atom. The Kier molecular flexibility index (Phi) is 2.69. The first-order valence-corrected chi connectivity index (χ1v) is 4.14. The van der Waals surface area contributed by atoms with Crippen LogP contribution < -0.4 is 5.32 Å². The maximum absolute atomic E-state index is 11.2. The van der Waals surface area contributed by atoms with Gasteiger partial charge in [0.25, 0.3) is 0 Å². The van der Waals surface area contributed by atoms with Crippen molar-refractivity contribution in [2.45, 2.75) is 20.3 Å². The van der Waals surface area contributed by atoms with E-state index in [4.69, 9.17) is 0 Å². The van der Waals surface area contributed by atoms with Gasteiger partial charge < -0.3 is 5.32 Å². The van der Waals surface area contributed by atoms with E-state index in [-0.39, 0.29) is 11.8 Å². The Morgan fingerprint density at radius 2 is 2.27 bits per heavy atom. The van der Waals surface area contributed by atoms with Crippen molar-refractivity contribution >= 4 is 5.91 Å². The molecule has 0 saturated heterocycles. The summed E-state index contributed by atoms with van der Waals surface area (Å²) in [4.78, 5) is 11.2. The maximum Gasteiger partial charge on any atom is 0.223 e. The van der Waals surface area contributed by atoms with E-state index in [1.165, 1.54) is 0 Å². The van der Waals surface area contributed by atoms with Crippen molar-refractivity contribution in [1.82, 2.24) is 5.32 Å². The van der Waals surface area contributed by atoms with E-state index in [1.807, 2.05) is 6.92 Å². The average Bonchev–Trinajstić information content (AvgIpc) is 1.98. The van der Waals surface area contributed by atoms with Crippen LogP contribution in [0.3, 0.4) is 0 Å². The number of amides is 1. The van der Waals surface area contributed by atoms with Gasteiger partial charge in [0.1, 0.15) is 0 Å². The van der Waals surface area contributed by atoms with Gasteiger partial charge >= 0.3 is 0 Å². The van der Waals surface area contributed by atoms with Gasteiger partial charge in [-0.25, -0.2) is 0 Å². The second-order valence-corrected chi connectivity index (χ2v) is 3.29. The van der Waals surface area contributed by atoms with Crippen LogP contribution in [0.15, 0.2) is 12.2 Å². The first-order chi connectivity index (χ1) is 5.20. The van der Waals surface area contributed by atoms with Gasteiger partial charge in [0.05, 0.1) is 0 Å². The Hall–Kier alpha value is -0.790. The molecule has 0 spiro atoms. The average molecular weight is 153 g/mol. The minimum Gasteiger partial charge on any atom is -0.355 e. The molecular formula is C9H15NO. The minimum absolute atomic E-state index is 0.138. The molecule has 1 aliphatic rings. The fraction of sp³-hybridized carbons (Fsp3) is 0.667. The molecule has 1 N–H and O–H groups in total. The molecule has 0 aromatic carbocycles. The quantitative estimate of drug-likeness (QED) is 0.523. The lowest BCUT2D eigenvalue weighted by Gasteiger charge is -2.15. The highest BCUT2D eigenvalue weighted by molar-refractivity contribution is 5.78. The second kappa shape index (κ2) is 3.56. The number of hydrogen-bond acceptors (Lipinski definition) is 1. The number of rotatable bonds is 0. The zero-order chi connectivity index (χ0) is 8.27. The zero-order valence-corrected chi connectivity index (χ0v) is 7.13. The summed E-state index contributed by atoms with van der Waals surface area (Å²) in [6.07, 6.45) is 5.14. The van der Waals surface area contributed by atoms with Crippen LogP contribution in [0.4, 0.5) is 0 Å². The summed E-state index contributed by atoms with van der Waals surface area (Å²) in [5.74, 6) is 0.798. The molecule has 0 aromatic heterocycles. The van der Waals surface area contributed by atoms with Crippen LogP contribution in [0.5, 0.6) is 0 Å². The van der Waals surface area contributed by atoms with E-state index in [9.17, 15) is 4.79 Å². The first kappa shape index (κ1) is 8.31. The summed E-state index contributed by atoms with van der Waals surface area (Å²) in [6, 6.07) is 0. The van der Waals surface area contributed by atoms with Crippen molar-refractivity contribution in [2.24, 2.45) is 11.8 Å². The van der Waals surface area contributed by atoms with E-state index in [1.54, 1.807) is 0 Å². The fourth-order valence-corrected chi connectivity index (χ4v) is 1.13. The van der Waals surface area contributed by atoms with Gasteiger partial charge in [0.15, 0.2) is 0 Å². The molecular weight excluding hydrogens is 138 g/mol. The van der Waals surface area contributed by atoms with Crippen molar-refractivity contribution in [2.75, 3.05) is 6.54 Å². The van der Waals surface area contributed by atoms with Crippen LogP contribution in [0.25, 0.3) is 0 Å². The fourth-order valence-electron chi connectivity index (χ4n) is 1.13. The van der Waals surface area contributed by atoms with Crippen molar-refractivity contribution in [1.29, 1.82) is 0 Å². The lowest BCUT2D eigenvalue weighted by Crippen LogP contribution is -2.33. The highest BCUT2D eigenvalue weighted by Gasteiger charge is 2.13. The number of nitrogens with one attached hydrogen (secondary N) is 1. The van der Waals surface area contributed by atoms with Crippen molar-refractivity contribution < 1.29 is 4.79 Å². The van der Waals surface area contributed by atoms with Gasteiger partial charge in [-0.3, -0.25) is 4.79 Å². The molecule has 0 aliphatic carbocycles. The lowest BCUT2D eigenvalue weighted by molar-refractivity contribution is -0.124. The summed E-state index contributed by atoms with van der Waals surface area (Å²) in [6.45, 7) is 4.84. The molecule has 0 aromatic rings. The van der Waals surface area contributed by atoms with E-state index >= 15 is 0 Å². The molecule has 62 valence electrons. The van der Waals surface area contributed by atoms with Crippen LogP contribution >= 0.6 is 0 Å². The van der Waals surface area contributed by atoms with Crippen molar-refractivity contribution in [3.8, 4) is 0 Å². The molecule has 0 bridgehead atoms. The van der Waals surface area contributed by atoms with Crippen LogP contribution in [-0.2, 0) is 4.79 Å². The van der Waals surface area contributed by atoms with Crippen LogP contribution in [0, 0.1) is 11.8 Å². The zero-order valence-electron chi connectivity index (χ0n) is 7.13. The third-order valence-corrected chi connectivity index (χ3v) is 2.00. The monoisotopic (exact) mass is 153 g/mol. The van der Waals surface area contributed by atoms with Gasteiger partial charge in [-0.15, -0.1) is 0 Å². The summed E-state index contributed by atoms with van der Waals surface area (Å²) in [5, 5.41) is 2.89. The van der Waals surface area contributed by atoms with Gasteiger partial charge in [-0.05, 0) is 12.3 Å². The molecule has 11 heavy (non-hydrogen) atoms. The summed E-state index contributed by atoms with van der Waals surface area (Å²) >= 11 is 0. The third kappa shape index (κ3) is 2.37.